The van der Waals surface area contributed by atoms with Crippen molar-refractivity contribution in [1.82, 2.24) is 9.97 Å². The van der Waals surface area contributed by atoms with E-state index >= 15 is 0 Å². The van der Waals surface area contributed by atoms with Crippen LogP contribution in [0.4, 0.5) is 0 Å². The van der Waals surface area contributed by atoms with Crippen LogP contribution < -0.4 is 5.73 Å². The number of thioether (sulfide) groups is 1. The smallest absolute Gasteiger partial charge is 0.227 e. The van der Waals surface area contributed by atoms with E-state index < -0.39 is 0 Å². The fourth-order valence-corrected chi connectivity index (χ4v) is 1.43. The Morgan fingerprint density at radius 2 is 2.46 bits per heavy atom. The number of rotatable bonds is 3. The van der Waals surface area contributed by atoms with Crippen LogP contribution in [0.1, 0.15) is 5.69 Å². The van der Waals surface area contributed by atoms with Gasteiger partial charge in [-0.25, -0.2) is 9.97 Å². The van der Waals surface area contributed by atoms with E-state index in [1.807, 2.05) is 6.92 Å². The van der Waals surface area contributed by atoms with Gasteiger partial charge in [-0.2, -0.15) is 0 Å². The van der Waals surface area contributed by atoms with E-state index in [9.17, 15) is 4.79 Å². The van der Waals surface area contributed by atoms with Crippen LogP contribution in [0.3, 0.4) is 0 Å². The number of hydrogen-bond donors (Lipinski definition) is 1. The summed E-state index contributed by atoms with van der Waals surface area (Å²) < 4.78 is 0.857. The van der Waals surface area contributed by atoms with Crippen LogP contribution >= 0.6 is 27.7 Å². The quantitative estimate of drug-likeness (QED) is 0.654. The van der Waals surface area contributed by atoms with Gasteiger partial charge in [-0.1, -0.05) is 11.8 Å². The number of nitrogens with zero attached hydrogens (tertiary/aromatic N) is 2. The number of carbonyl (C=O) groups excluding carboxylic acids is 1. The molecule has 0 saturated carbocycles. The lowest BCUT2D eigenvalue weighted by Crippen LogP contribution is -2.13. The highest BCUT2D eigenvalue weighted by Crippen LogP contribution is 2.17. The lowest BCUT2D eigenvalue weighted by molar-refractivity contribution is -0.115. The number of aromatic nitrogens is 2. The van der Waals surface area contributed by atoms with Crippen molar-refractivity contribution in [2.45, 2.75) is 12.1 Å². The minimum atomic E-state index is -0.367. The van der Waals surface area contributed by atoms with E-state index in [0.717, 1.165) is 10.2 Å². The number of amides is 1. The molecule has 1 heterocycles. The highest BCUT2D eigenvalue weighted by atomic mass is 79.9. The van der Waals surface area contributed by atoms with E-state index in [0.29, 0.717) is 5.16 Å². The Morgan fingerprint density at radius 3 is 3.00 bits per heavy atom. The number of hydrogen-bond acceptors (Lipinski definition) is 4. The summed E-state index contributed by atoms with van der Waals surface area (Å²) in [6.07, 6.45) is 1.66. The third-order valence-corrected chi connectivity index (χ3v) is 2.90. The molecule has 0 aromatic carbocycles. The molecule has 0 fully saturated rings. The number of aryl methyl sites for hydroxylation is 1. The predicted molar refractivity (Wildman–Crippen MR) is 54.4 cm³/mol. The van der Waals surface area contributed by atoms with Gasteiger partial charge in [0, 0.05) is 6.20 Å². The normalized spacial score (nSPS) is 10.0. The van der Waals surface area contributed by atoms with Crippen LogP contribution in [0.15, 0.2) is 15.8 Å². The Hall–Kier alpha value is -0.620. The number of carbonyl (C=O) groups is 1. The highest BCUT2D eigenvalue weighted by molar-refractivity contribution is 9.10. The molecule has 70 valence electrons. The van der Waals surface area contributed by atoms with Gasteiger partial charge in [0.05, 0.1) is 15.9 Å². The summed E-state index contributed by atoms with van der Waals surface area (Å²) in [5, 5.41) is 0.569. The van der Waals surface area contributed by atoms with Crippen molar-refractivity contribution in [3.05, 3.63) is 16.4 Å². The lowest BCUT2D eigenvalue weighted by atomic mass is 10.5. The van der Waals surface area contributed by atoms with E-state index in [2.05, 4.69) is 25.9 Å². The monoisotopic (exact) mass is 261 g/mol. The molecule has 0 unspecified atom stereocenters. The number of halogens is 1. The zero-order valence-corrected chi connectivity index (χ0v) is 9.35. The summed E-state index contributed by atoms with van der Waals surface area (Å²) in [7, 11) is 0. The average molecular weight is 262 g/mol. The zero-order chi connectivity index (χ0) is 9.84. The van der Waals surface area contributed by atoms with E-state index in [-0.39, 0.29) is 11.7 Å². The van der Waals surface area contributed by atoms with Crippen molar-refractivity contribution in [3.63, 3.8) is 0 Å². The van der Waals surface area contributed by atoms with Crippen LogP contribution in [0.5, 0.6) is 0 Å². The molecule has 0 saturated heterocycles. The lowest BCUT2D eigenvalue weighted by Gasteiger charge is -1.99. The minimum Gasteiger partial charge on any atom is -0.369 e. The molecule has 0 aliphatic carbocycles. The van der Waals surface area contributed by atoms with Crippen molar-refractivity contribution in [1.29, 1.82) is 0 Å². The standard InChI is InChI=1S/C7H8BrN3OS/c1-4-5(8)2-10-7(11-4)13-3-6(9)12/h2H,3H2,1H3,(H2,9,12). The Bertz CT molecular complexity index is 332. The molecule has 2 N–H and O–H groups in total. The van der Waals surface area contributed by atoms with Gasteiger partial charge >= 0.3 is 0 Å². The summed E-state index contributed by atoms with van der Waals surface area (Å²) in [4.78, 5) is 18.6. The van der Waals surface area contributed by atoms with Gasteiger partial charge in [0.25, 0.3) is 0 Å². The highest BCUT2D eigenvalue weighted by Gasteiger charge is 2.02. The van der Waals surface area contributed by atoms with E-state index in [4.69, 9.17) is 5.73 Å². The summed E-state index contributed by atoms with van der Waals surface area (Å²) in [6.45, 7) is 1.86. The van der Waals surface area contributed by atoms with Gasteiger partial charge in [-0.15, -0.1) is 0 Å². The molecule has 13 heavy (non-hydrogen) atoms. The summed E-state index contributed by atoms with van der Waals surface area (Å²) in [5.74, 6) is -0.157. The largest absolute Gasteiger partial charge is 0.369 e. The van der Waals surface area contributed by atoms with Gasteiger partial charge in [-0.05, 0) is 22.9 Å². The van der Waals surface area contributed by atoms with E-state index in [1.165, 1.54) is 11.8 Å². The van der Waals surface area contributed by atoms with Gasteiger partial charge < -0.3 is 5.73 Å². The molecule has 0 spiro atoms. The average Bonchev–Trinajstić information content (AvgIpc) is 2.07. The molecular formula is C7H8BrN3OS. The Kier molecular flexibility index (Phi) is 3.68. The topological polar surface area (TPSA) is 68.9 Å². The molecule has 0 bridgehead atoms. The molecular weight excluding hydrogens is 254 g/mol. The maximum Gasteiger partial charge on any atom is 0.227 e. The molecule has 0 atom stereocenters. The van der Waals surface area contributed by atoms with Gasteiger partial charge in [0.1, 0.15) is 0 Å². The molecule has 1 aromatic heterocycles. The maximum atomic E-state index is 10.5. The summed E-state index contributed by atoms with van der Waals surface area (Å²) in [5.41, 5.74) is 5.83. The second-order valence-electron chi connectivity index (χ2n) is 2.34. The van der Waals surface area contributed by atoms with Crippen LogP contribution in [-0.2, 0) is 4.79 Å². The third kappa shape index (κ3) is 3.31. The molecule has 0 radical (unpaired) electrons. The fraction of sp³-hybridized carbons (Fsp3) is 0.286. The molecule has 1 amide bonds. The first kappa shape index (κ1) is 10.5. The minimum absolute atomic E-state index is 0.209. The van der Waals surface area contributed by atoms with Gasteiger partial charge in [-0.3, -0.25) is 4.79 Å². The molecule has 1 aromatic rings. The van der Waals surface area contributed by atoms with Crippen molar-refractivity contribution in [2.75, 3.05) is 5.75 Å². The Balaban J connectivity index is 2.68. The van der Waals surface area contributed by atoms with E-state index in [1.54, 1.807) is 6.20 Å². The van der Waals surface area contributed by atoms with Gasteiger partial charge in [0.15, 0.2) is 5.16 Å². The molecule has 6 heteroatoms. The molecule has 0 aliphatic rings. The van der Waals surface area contributed by atoms with Crippen molar-refractivity contribution >= 4 is 33.6 Å². The van der Waals surface area contributed by atoms with Crippen LogP contribution in [-0.4, -0.2) is 21.6 Å². The first-order chi connectivity index (χ1) is 6.09. The number of nitrogens with two attached hydrogens (primary N) is 1. The first-order valence-electron chi connectivity index (χ1n) is 3.50. The van der Waals surface area contributed by atoms with Gasteiger partial charge in [0.2, 0.25) is 5.91 Å². The van der Waals surface area contributed by atoms with Crippen molar-refractivity contribution < 1.29 is 4.79 Å². The Labute approximate surface area is 88.5 Å². The van der Waals surface area contributed by atoms with Crippen LogP contribution in [0, 0.1) is 6.92 Å². The van der Waals surface area contributed by atoms with Crippen molar-refractivity contribution in [3.8, 4) is 0 Å². The summed E-state index contributed by atoms with van der Waals surface area (Å²) in [6, 6.07) is 0. The maximum absolute atomic E-state index is 10.5. The molecule has 1 rings (SSSR count). The number of primary amides is 1. The molecule has 4 nitrogen and oxygen atoms in total. The zero-order valence-electron chi connectivity index (χ0n) is 6.95. The Morgan fingerprint density at radius 1 is 1.77 bits per heavy atom. The van der Waals surface area contributed by atoms with Crippen molar-refractivity contribution in [2.24, 2.45) is 5.73 Å². The first-order valence-corrected chi connectivity index (χ1v) is 5.27. The second-order valence-corrected chi connectivity index (χ2v) is 4.14. The predicted octanol–water partition coefficient (Wildman–Crippen LogP) is 1.12. The fourth-order valence-electron chi connectivity index (χ4n) is 0.636. The molecule has 0 aliphatic heterocycles. The SMILES string of the molecule is Cc1nc(SCC(N)=O)ncc1Br. The second kappa shape index (κ2) is 4.57. The van der Waals surface area contributed by atoms with Crippen LogP contribution in [0.2, 0.25) is 0 Å². The summed E-state index contributed by atoms with van der Waals surface area (Å²) >= 11 is 4.52. The van der Waals surface area contributed by atoms with Crippen LogP contribution in [0.25, 0.3) is 0 Å². The third-order valence-electron chi connectivity index (χ3n) is 1.24.